The summed E-state index contributed by atoms with van der Waals surface area (Å²) in [7, 11) is 0. The molecule has 0 aliphatic carbocycles. The second kappa shape index (κ2) is 7.39. The van der Waals surface area contributed by atoms with Crippen molar-refractivity contribution in [3.8, 4) is 0 Å². The largest absolute Gasteiger partial charge is 0.462 e. The fraction of sp³-hybridized carbons (Fsp3) is 0.222. The monoisotopic (exact) mass is 282 g/mol. The van der Waals surface area contributed by atoms with Crippen LogP contribution in [0.2, 0.25) is 0 Å². The molecule has 0 N–H and O–H groups in total. The lowest BCUT2D eigenvalue weighted by Crippen LogP contribution is -2.08. The van der Waals surface area contributed by atoms with Gasteiger partial charge in [0.1, 0.15) is 0 Å². The van der Waals surface area contributed by atoms with E-state index in [9.17, 15) is 9.59 Å². The summed E-state index contributed by atoms with van der Waals surface area (Å²) in [5.41, 5.74) is 2.16. The van der Waals surface area contributed by atoms with Crippen molar-refractivity contribution in [3.63, 3.8) is 0 Å². The summed E-state index contributed by atoms with van der Waals surface area (Å²) in [6, 6.07) is 16.3. The Morgan fingerprint density at radius 2 is 1.76 bits per heavy atom. The van der Waals surface area contributed by atoms with E-state index in [1.54, 1.807) is 25.1 Å². The molecule has 0 aliphatic rings. The number of esters is 1. The van der Waals surface area contributed by atoms with Gasteiger partial charge in [-0.2, -0.15) is 0 Å². The van der Waals surface area contributed by atoms with E-state index in [-0.39, 0.29) is 5.43 Å². The molecule has 0 saturated heterocycles. The number of carbonyl (C=O) groups is 1. The van der Waals surface area contributed by atoms with Crippen LogP contribution >= 0.6 is 0 Å². The Morgan fingerprint density at radius 3 is 2.48 bits per heavy atom. The standard InChI is InChI=1S/C18H18O3/c1-2-21-18(20)16-9-6-10-17(19)15(13-16)12-11-14-7-4-3-5-8-14/h3-10,13H,2,11-12H2,1H3. The molecule has 0 saturated carbocycles. The molecular formula is C18H18O3. The summed E-state index contributed by atoms with van der Waals surface area (Å²) >= 11 is 0. The topological polar surface area (TPSA) is 43.4 Å². The first-order valence-corrected chi connectivity index (χ1v) is 7.05. The Labute approximate surface area is 124 Å². The first-order valence-electron chi connectivity index (χ1n) is 7.05. The fourth-order valence-electron chi connectivity index (χ4n) is 2.11. The maximum Gasteiger partial charge on any atom is 0.338 e. The van der Waals surface area contributed by atoms with Gasteiger partial charge in [-0.25, -0.2) is 4.79 Å². The number of aryl methyl sites for hydroxylation is 2. The van der Waals surface area contributed by atoms with Crippen LogP contribution in [0.25, 0.3) is 0 Å². The third-order valence-electron chi connectivity index (χ3n) is 3.21. The SMILES string of the molecule is CCOC(=O)c1cccc(=O)c(CCc2ccccc2)c1. The minimum Gasteiger partial charge on any atom is -0.462 e. The Hall–Kier alpha value is -2.42. The Bertz CT molecular complexity index is 663. The van der Waals surface area contributed by atoms with E-state index in [2.05, 4.69) is 0 Å². The predicted octanol–water partition coefficient (Wildman–Crippen LogP) is 3.01. The second-order valence-electron chi connectivity index (χ2n) is 4.72. The molecule has 0 atom stereocenters. The number of carbonyl (C=O) groups excluding carboxylic acids is 1. The van der Waals surface area contributed by atoms with Crippen LogP contribution in [0.4, 0.5) is 0 Å². The third kappa shape index (κ3) is 4.28. The van der Waals surface area contributed by atoms with Crippen molar-refractivity contribution in [3.05, 3.63) is 81.5 Å². The molecule has 3 heteroatoms. The molecule has 21 heavy (non-hydrogen) atoms. The van der Waals surface area contributed by atoms with Crippen molar-refractivity contribution in [2.75, 3.05) is 6.61 Å². The van der Waals surface area contributed by atoms with Gasteiger partial charge in [-0.05, 0) is 43.5 Å². The molecule has 3 nitrogen and oxygen atoms in total. The highest BCUT2D eigenvalue weighted by Crippen LogP contribution is 2.07. The van der Waals surface area contributed by atoms with Gasteiger partial charge in [0.05, 0.1) is 12.2 Å². The van der Waals surface area contributed by atoms with Gasteiger partial charge in [0.25, 0.3) is 0 Å². The molecule has 0 aromatic heterocycles. The van der Waals surface area contributed by atoms with E-state index in [4.69, 9.17) is 4.74 Å². The van der Waals surface area contributed by atoms with E-state index in [1.165, 1.54) is 11.6 Å². The van der Waals surface area contributed by atoms with Crippen LogP contribution < -0.4 is 5.43 Å². The first-order chi connectivity index (χ1) is 10.2. The van der Waals surface area contributed by atoms with Crippen LogP contribution in [-0.2, 0) is 17.6 Å². The molecule has 0 spiro atoms. The van der Waals surface area contributed by atoms with Gasteiger partial charge in [0.2, 0.25) is 0 Å². The van der Waals surface area contributed by atoms with Gasteiger partial charge in [0.15, 0.2) is 5.43 Å². The number of ether oxygens (including phenoxy) is 1. The smallest absolute Gasteiger partial charge is 0.338 e. The second-order valence-corrected chi connectivity index (χ2v) is 4.72. The lowest BCUT2D eigenvalue weighted by Gasteiger charge is -2.02. The molecular weight excluding hydrogens is 264 g/mol. The van der Waals surface area contributed by atoms with E-state index in [0.29, 0.717) is 24.2 Å². The molecule has 0 radical (unpaired) electrons. The van der Waals surface area contributed by atoms with Crippen LogP contribution in [0.15, 0.2) is 59.4 Å². The van der Waals surface area contributed by atoms with Crippen LogP contribution in [-0.4, -0.2) is 12.6 Å². The number of hydrogen-bond donors (Lipinski definition) is 0. The van der Waals surface area contributed by atoms with Crippen LogP contribution in [0.5, 0.6) is 0 Å². The van der Waals surface area contributed by atoms with E-state index in [1.807, 2.05) is 30.3 Å². The maximum absolute atomic E-state index is 12.0. The van der Waals surface area contributed by atoms with Gasteiger partial charge < -0.3 is 4.74 Å². The summed E-state index contributed by atoms with van der Waals surface area (Å²) in [6.45, 7) is 2.08. The van der Waals surface area contributed by atoms with Gasteiger partial charge in [0, 0.05) is 5.56 Å². The summed E-state index contributed by atoms with van der Waals surface area (Å²) in [4.78, 5) is 23.8. The predicted molar refractivity (Wildman–Crippen MR) is 82.5 cm³/mol. The third-order valence-corrected chi connectivity index (χ3v) is 3.21. The molecule has 0 aliphatic heterocycles. The first kappa shape index (κ1) is 15.0. The summed E-state index contributed by atoms with van der Waals surface area (Å²) < 4.78 is 4.99. The lowest BCUT2D eigenvalue weighted by molar-refractivity contribution is 0.0526. The lowest BCUT2D eigenvalue weighted by atomic mass is 10.0. The summed E-state index contributed by atoms with van der Waals surface area (Å²) in [6.07, 6.45) is 1.37. The van der Waals surface area contributed by atoms with Crippen molar-refractivity contribution in [1.82, 2.24) is 0 Å². The van der Waals surface area contributed by atoms with E-state index >= 15 is 0 Å². The molecule has 0 unspecified atom stereocenters. The Kier molecular flexibility index (Phi) is 5.27. The van der Waals surface area contributed by atoms with E-state index < -0.39 is 5.97 Å². The van der Waals surface area contributed by atoms with Gasteiger partial charge in [-0.1, -0.05) is 36.4 Å². The molecule has 0 fully saturated rings. The van der Waals surface area contributed by atoms with Crippen molar-refractivity contribution in [1.29, 1.82) is 0 Å². The zero-order valence-electron chi connectivity index (χ0n) is 12.0. The maximum atomic E-state index is 12.0. The normalized spacial score (nSPS) is 10.1. The molecule has 0 amide bonds. The van der Waals surface area contributed by atoms with Gasteiger partial charge in [-0.3, -0.25) is 4.79 Å². The van der Waals surface area contributed by atoms with Crippen LogP contribution in [0.1, 0.15) is 28.4 Å². The average molecular weight is 282 g/mol. The highest BCUT2D eigenvalue weighted by Gasteiger charge is 2.08. The molecule has 0 bridgehead atoms. The molecule has 2 aromatic rings. The number of hydrogen-bond acceptors (Lipinski definition) is 3. The van der Waals surface area contributed by atoms with Crippen molar-refractivity contribution < 1.29 is 9.53 Å². The molecule has 108 valence electrons. The Morgan fingerprint density at radius 1 is 1.00 bits per heavy atom. The van der Waals surface area contributed by atoms with E-state index in [0.717, 1.165) is 6.42 Å². The summed E-state index contributed by atoms with van der Waals surface area (Å²) in [5.74, 6) is -0.394. The van der Waals surface area contributed by atoms with Crippen molar-refractivity contribution in [2.45, 2.75) is 19.8 Å². The van der Waals surface area contributed by atoms with Crippen molar-refractivity contribution >= 4 is 5.97 Å². The quantitative estimate of drug-likeness (QED) is 0.792. The minimum absolute atomic E-state index is 0.0542. The highest BCUT2D eigenvalue weighted by atomic mass is 16.5. The van der Waals surface area contributed by atoms with Gasteiger partial charge in [-0.15, -0.1) is 0 Å². The fourth-order valence-corrected chi connectivity index (χ4v) is 2.11. The zero-order chi connectivity index (χ0) is 15.1. The highest BCUT2D eigenvalue weighted by molar-refractivity contribution is 5.89. The minimum atomic E-state index is -0.394. The van der Waals surface area contributed by atoms with Crippen LogP contribution in [0, 0.1) is 0 Å². The zero-order valence-corrected chi connectivity index (χ0v) is 12.0. The van der Waals surface area contributed by atoms with Crippen LogP contribution in [0.3, 0.4) is 0 Å². The number of rotatable bonds is 5. The molecule has 2 aromatic carbocycles. The van der Waals surface area contributed by atoms with Gasteiger partial charge >= 0.3 is 5.97 Å². The molecule has 2 rings (SSSR count). The average Bonchev–Trinajstić information content (AvgIpc) is 2.68. The summed E-state index contributed by atoms with van der Waals surface area (Å²) in [5, 5.41) is 0. The molecule has 0 heterocycles. The van der Waals surface area contributed by atoms with Crippen molar-refractivity contribution in [2.24, 2.45) is 0 Å². The Balaban J connectivity index is 2.22. The number of benzene rings is 1.